The number of rotatable bonds is 9. The van der Waals surface area contributed by atoms with Crippen LogP contribution in [0.2, 0.25) is 0 Å². The molecule has 0 unspecified atom stereocenters. The molecule has 0 aromatic heterocycles. The molecule has 3 aromatic rings. The second-order valence-corrected chi connectivity index (χ2v) is 9.60. The van der Waals surface area contributed by atoms with Gasteiger partial charge in [-0.3, -0.25) is 9.59 Å². The summed E-state index contributed by atoms with van der Waals surface area (Å²) in [5.41, 5.74) is 3.23. The standard InChI is InChI=1S/C31H36N2O2/c1-24(31(35)32-28-20-12-5-13-21-28)33(23-25-14-6-2-7-15-25)30(34)22-29(26-16-8-3-9-17-26)27-18-10-4-11-19-27/h2-4,6-11,14-19,24,28-29H,5,12-13,20-23H2,1H3,(H,32,35)/t24-/m1/s1. The molecular formula is C31H36N2O2. The molecule has 182 valence electrons. The Hall–Kier alpha value is -3.40. The van der Waals surface area contributed by atoms with Gasteiger partial charge in [-0.2, -0.15) is 0 Å². The van der Waals surface area contributed by atoms with Crippen LogP contribution in [-0.2, 0) is 16.1 Å². The minimum absolute atomic E-state index is 0.0159. The van der Waals surface area contributed by atoms with Gasteiger partial charge in [-0.05, 0) is 36.5 Å². The van der Waals surface area contributed by atoms with Gasteiger partial charge in [0.2, 0.25) is 11.8 Å². The van der Waals surface area contributed by atoms with E-state index in [9.17, 15) is 9.59 Å². The zero-order valence-electron chi connectivity index (χ0n) is 20.6. The summed E-state index contributed by atoms with van der Waals surface area (Å²) in [7, 11) is 0. The van der Waals surface area contributed by atoms with Crippen LogP contribution in [0.5, 0.6) is 0 Å². The van der Waals surface area contributed by atoms with Gasteiger partial charge in [0.25, 0.3) is 0 Å². The molecule has 0 bridgehead atoms. The lowest BCUT2D eigenvalue weighted by Crippen LogP contribution is -2.50. The van der Waals surface area contributed by atoms with E-state index < -0.39 is 6.04 Å². The van der Waals surface area contributed by atoms with Crippen LogP contribution in [0.3, 0.4) is 0 Å². The first-order valence-corrected chi connectivity index (χ1v) is 12.9. The Morgan fingerprint density at radius 1 is 0.800 bits per heavy atom. The van der Waals surface area contributed by atoms with Crippen molar-refractivity contribution in [1.82, 2.24) is 10.2 Å². The molecule has 1 N–H and O–H groups in total. The average molecular weight is 469 g/mol. The highest BCUT2D eigenvalue weighted by atomic mass is 16.2. The Morgan fingerprint density at radius 3 is 1.86 bits per heavy atom. The van der Waals surface area contributed by atoms with E-state index >= 15 is 0 Å². The average Bonchev–Trinajstić information content (AvgIpc) is 2.92. The lowest BCUT2D eigenvalue weighted by molar-refractivity contribution is -0.141. The van der Waals surface area contributed by atoms with Crippen LogP contribution in [0.25, 0.3) is 0 Å². The molecule has 35 heavy (non-hydrogen) atoms. The fourth-order valence-corrected chi connectivity index (χ4v) is 5.02. The summed E-state index contributed by atoms with van der Waals surface area (Å²) >= 11 is 0. The second-order valence-electron chi connectivity index (χ2n) is 9.60. The van der Waals surface area contributed by atoms with Gasteiger partial charge in [0.15, 0.2) is 0 Å². The first-order valence-electron chi connectivity index (χ1n) is 12.9. The first kappa shape index (κ1) is 24.7. The maximum absolute atomic E-state index is 13.9. The maximum atomic E-state index is 13.9. The Labute approximate surface area is 209 Å². The number of carbonyl (C=O) groups excluding carboxylic acids is 2. The summed E-state index contributed by atoms with van der Waals surface area (Å²) in [6, 6.07) is 29.9. The molecule has 0 spiro atoms. The number of hydrogen-bond acceptors (Lipinski definition) is 2. The second kappa shape index (κ2) is 12.3. The van der Waals surface area contributed by atoms with E-state index in [2.05, 4.69) is 29.6 Å². The van der Waals surface area contributed by atoms with Gasteiger partial charge in [0.05, 0.1) is 0 Å². The molecule has 0 heterocycles. The van der Waals surface area contributed by atoms with Crippen molar-refractivity contribution in [3.63, 3.8) is 0 Å². The van der Waals surface area contributed by atoms with Gasteiger partial charge in [-0.25, -0.2) is 0 Å². The minimum Gasteiger partial charge on any atom is -0.352 e. The Morgan fingerprint density at radius 2 is 1.31 bits per heavy atom. The van der Waals surface area contributed by atoms with Gasteiger partial charge in [-0.15, -0.1) is 0 Å². The fourth-order valence-electron chi connectivity index (χ4n) is 5.02. The normalized spacial score (nSPS) is 14.9. The molecule has 1 atom stereocenters. The molecule has 4 heteroatoms. The van der Waals surface area contributed by atoms with E-state index in [1.54, 1.807) is 4.90 Å². The van der Waals surface area contributed by atoms with Crippen LogP contribution >= 0.6 is 0 Å². The SMILES string of the molecule is C[C@H](C(=O)NC1CCCCC1)N(Cc1ccccc1)C(=O)CC(c1ccccc1)c1ccccc1. The van der Waals surface area contributed by atoms with Gasteiger partial charge in [0.1, 0.15) is 6.04 Å². The van der Waals surface area contributed by atoms with Crippen molar-refractivity contribution in [3.05, 3.63) is 108 Å². The van der Waals surface area contributed by atoms with Crippen LogP contribution < -0.4 is 5.32 Å². The van der Waals surface area contributed by atoms with Crippen LogP contribution in [-0.4, -0.2) is 28.8 Å². The zero-order chi connectivity index (χ0) is 24.5. The van der Waals surface area contributed by atoms with Crippen LogP contribution in [0, 0.1) is 0 Å². The van der Waals surface area contributed by atoms with E-state index in [1.807, 2.05) is 73.7 Å². The minimum atomic E-state index is -0.545. The van der Waals surface area contributed by atoms with Crippen molar-refractivity contribution in [1.29, 1.82) is 0 Å². The van der Waals surface area contributed by atoms with E-state index in [4.69, 9.17) is 0 Å². The molecule has 4 nitrogen and oxygen atoms in total. The summed E-state index contributed by atoms with van der Waals surface area (Å²) in [6.07, 6.45) is 5.90. The van der Waals surface area contributed by atoms with Gasteiger partial charge in [0, 0.05) is 24.9 Å². The Bertz CT molecular complexity index is 1020. The van der Waals surface area contributed by atoms with E-state index in [1.165, 1.54) is 6.42 Å². The van der Waals surface area contributed by atoms with Crippen molar-refractivity contribution in [2.75, 3.05) is 0 Å². The summed E-state index contributed by atoms with van der Waals surface area (Å²) in [6.45, 7) is 2.27. The molecule has 0 radical (unpaired) electrons. The molecule has 4 rings (SSSR count). The third-order valence-electron chi connectivity index (χ3n) is 7.10. The van der Waals surface area contributed by atoms with Gasteiger partial charge in [-0.1, -0.05) is 110 Å². The molecule has 1 aliphatic rings. The summed E-state index contributed by atoms with van der Waals surface area (Å²) < 4.78 is 0. The number of benzene rings is 3. The highest BCUT2D eigenvalue weighted by Gasteiger charge is 2.30. The largest absolute Gasteiger partial charge is 0.352 e. The van der Waals surface area contributed by atoms with Crippen molar-refractivity contribution < 1.29 is 9.59 Å². The van der Waals surface area contributed by atoms with E-state index in [0.29, 0.717) is 13.0 Å². The van der Waals surface area contributed by atoms with Crippen molar-refractivity contribution in [3.8, 4) is 0 Å². The molecule has 0 aliphatic heterocycles. The molecule has 1 fully saturated rings. The number of amides is 2. The third kappa shape index (κ3) is 6.82. The summed E-state index contributed by atoms with van der Waals surface area (Å²) in [5.74, 6) is -0.146. The number of nitrogens with zero attached hydrogens (tertiary/aromatic N) is 1. The predicted molar refractivity (Wildman–Crippen MR) is 141 cm³/mol. The summed E-state index contributed by atoms with van der Waals surface area (Å²) in [5, 5.41) is 3.22. The van der Waals surface area contributed by atoms with Crippen LogP contribution in [0.4, 0.5) is 0 Å². The Balaban J connectivity index is 1.57. The zero-order valence-corrected chi connectivity index (χ0v) is 20.6. The third-order valence-corrected chi connectivity index (χ3v) is 7.10. The van der Waals surface area contributed by atoms with Gasteiger partial charge < -0.3 is 10.2 Å². The summed E-state index contributed by atoms with van der Waals surface area (Å²) in [4.78, 5) is 28.9. The topological polar surface area (TPSA) is 49.4 Å². The van der Waals surface area contributed by atoms with E-state index in [0.717, 1.165) is 42.4 Å². The molecule has 3 aromatic carbocycles. The smallest absolute Gasteiger partial charge is 0.242 e. The Kier molecular flexibility index (Phi) is 8.72. The van der Waals surface area contributed by atoms with Gasteiger partial charge >= 0.3 is 0 Å². The molecular weight excluding hydrogens is 432 g/mol. The maximum Gasteiger partial charge on any atom is 0.242 e. The lowest BCUT2D eigenvalue weighted by Gasteiger charge is -2.32. The quantitative estimate of drug-likeness (QED) is 0.414. The van der Waals surface area contributed by atoms with Crippen LogP contribution in [0.15, 0.2) is 91.0 Å². The van der Waals surface area contributed by atoms with Crippen molar-refractivity contribution in [2.45, 2.75) is 70.0 Å². The highest BCUT2D eigenvalue weighted by molar-refractivity contribution is 5.88. The van der Waals surface area contributed by atoms with E-state index in [-0.39, 0.29) is 23.8 Å². The fraction of sp³-hybridized carbons (Fsp3) is 0.355. The first-order chi connectivity index (χ1) is 17.1. The molecule has 1 aliphatic carbocycles. The monoisotopic (exact) mass is 468 g/mol. The number of hydrogen-bond donors (Lipinski definition) is 1. The molecule has 0 saturated heterocycles. The van der Waals surface area contributed by atoms with Crippen LogP contribution in [0.1, 0.15) is 68.1 Å². The predicted octanol–water partition coefficient (Wildman–Crippen LogP) is 6.07. The highest BCUT2D eigenvalue weighted by Crippen LogP contribution is 2.29. The number of carbonyl (C=O) groups is 2. The lowest BCUT2D eigenvalue weighted by atomic mass is 9.88. The van der Waals surface area contributed by atoms with Crippen molar-refractivity contribution in [2.24, 2.45) is 0 Å². The molecule has 2 amide bonds. The molecule has 1 saturated carbocycles. The van der Waals surface area contributed by atoms with Crippen molar-refractivity contribution >= 4 is 11.8 Å². The number of nitrogens with one attached hydrogen (secondary N) is 1.